The van der Waals surface area contributed by atoms with E-state index in [1.807, 2.05) is 18.3 Å². The zero-order valence-corrected chi connectivity index (χ0v) is 8.77. The molecule has 4 nitrogen and oxygen atoms in total. The summed E-state index contributed by atoms with van der Waals surface area (Å²) in [5, 5.41) is 12.4. The highest BCUT2D eigenvalue weighted by Gasteiger charge is 2.20. The standard InChI is InChI=1S/C12H13N3O/c16-10-3-1-8(2-4-10)12-14-7-11(15-12)9-5-13-6-9/h1-4,7,9,13,16H,5-6H2,(H,14,15). The van der Waals surface area contributed by atoms with Gasteiger partial charge in [-0.2, -0.15) is 0 Å². The van der Waals surface area contributed by atoms with Crippen molar-refractivity contribution in [3.63, 3.8) is 0 Å². The van der Waals surface area contributed by atoms with E-state index in [4.69, 9.17) is 0 Å². The Balaban J connectivity index is 1.88. The van der Waals surface area contributed by atoms with Crippen LogP contribution in [0, 0.1) is 0 Å². The second-order valence-corrected chi connectivity index (χ2v) is 4.09. The molecule has 0 bridgehead atoms. The van der Waals surface area contributed by atoms with Crippen LogP contribution in [0.15, 0.2) is 30.5 Å². The van der Waals surface area contributed by atoms with Crippen LogP contribution >= 0.6 is 0 Å². The molecule has 82 valence electrons. The Morgan fingerprint density at radius 3 is 2.56 bits per heavy atom. The molecule has 0 aliphatic carbocycles. The van der Waals surface area contributed by atoms with Crippen LogP contribution in [-0.4, -0.2) is 28.2 Å². The van der Waals surface area contributed by atoms with Gasteiger partial charge in [0.25, 0.3) is 0 Å². The molecule has 0 spiro atoms. The third-order valence-electron chi connectivity index (χ3n) is 2.96. The van der Waals surface area contributed by atoms with E-state index in [-0.39, 0.29) is 5.75 Å². The summed E-state index contributed by atoms with van der Waals surface area (Å²) in [5.41, 5.74) is 2.18. The Labute approximate surface area is 93.4 Å². The van der Waals surface area contributed by atoms with Gasteiger partial charge in [-0.1, -0.05) is 0 Å². The number of aromatic hydroxyl groups is 1. The summed E-state index contributed by atoms with van der Waals surface area (Å²) >= 11 is 0. The molecule has 1 aromatic carbocycles. The molecular formula is C12H13N3O. The second-order valence-electron chi connectivity index (χ2n) is 4.09. The van der Waals surface area contributed by atoms with Gasteiger partial charge in [-0.3, -0.25) is 0 Å². The largest absolute Gasteiger partial charge is 0.508 e. The van der Waals surface area contributed by atoms with Crippen LogP contribution in [0.1, 0.15) is 11.6 Å². The molecule has 0 amide bonds. The number of aromatic amines is 1. The maximum atomic E-state index is 9.21. The quantitative estimate of drug-likeness (QED) is 0.711. The Bertz CT molecular complexity index is 485. The van der Waals surface area contributed by atoms with Crippen LogP contribution in [0.25, 0.3) is 11.4 Å². The second kappa shape index (κ2) is 3.64. The fourth-order valence-electron chi connectivity index (χ4n) is 1.82. The number of aromatic nitrogens is 2. The van der Waals surface area contributed by atoms with Crippen LogP contribution in [0.3, 0.4) is 0 Å². The SMILES string of the molecule is Oc1ccc(-c2ncc(C3CNC3)[nH]2)cc1. The fraction of sp³-hybridized carbons (Fsp3) is 0.250. The van der Waals surface area contributed by atoms with Gasteiger partial charge in [0.1, 0.15) is 11.6 Å². The highest BCUT2D eigenvalue weighted by atomic mass is 16.3. The molecule has 2 heterocycles. The maximum absolute atomic E-state index is 9.21. The monoisotopic (exact) mass is 215 g/mol. The smallest absolute Gasteiger partial charge is 0.137 e. The minimum Gasteiger partial charge on any atom is -0.508 e. The number of hydrogen-bond donors (Lipinski definition) is 3. The Kier molecular flexibility index (Phi) is 2.15. The summed E-state index contributed by atoms with van der Waals surface area (Å²) in [4.78, 5) is 7.67. The van der Waals surface area contributed by atoms with Crippen LogP contribution in [-0.2, 0) is 0 Å². The average Bonchev–Trinajstić information content (AvgIpc) is 2.65. The lowest BCUT2D eigenvalue weighted by Crippen LogP contribution is -2.40. The molecule has 1 fully saturated rings. The molecule has 1 aromatic heterocycles. The van der Waals surface area contributed by atoms with Gasteiger partial charge >= 0.3 is 0 Å². The van der Waals surface area contributed by atoms with Gasteiger partial charge in [-0.05, 0) is 24.3 Å². The van der Waals surface area contributed by atoms with Crippen molar-refractivity contribution in [1.82, 2.24) is 15.3 Å². The van der Waals surface area contributed by atoms with Gasteiger partial charge in [0, 0.05) is 36.5 Å². The van der Waals surface area contributed by atoms with E-state index >= 15 is 0 Å². The first-order valence-corrected chi connectivity index (χ1v) is 5.38. The molecule has 3 rings (SSSR count). The van der Waals surface area contributed by atoms with Crippen molar-refractivity contribution in [2.75, 3.05) is 13.1 Å². The molecule has 0 atom stereocenters. The zero-order chi connectivity index (χ0) is 11.0. The van der Waals surface area contributed by atoms with E-state index < -0.39 is 0 Å². The highest BCUT2D eigenvalue weighted by molar-refractivity contribution is 5.56. The van der Waals surface area contributed by atoms with Gasteiger partial charge in [0.05, 0.1) is 0 Å². The first kappa shape index (κ1) is 9.42. The van der Waals surface area contributed by atoms with Crippen LogP contribution in [0.4, 0.5) is 0 Å². The van der Waals surface area contributed by atoms with E-state index in [1.165, 1.54) is 5.69 Å². The molecule has 0 radical (unpaired) electrons. The lowest BCUT2D eigenvalue weighted by Gasteiger charge is -2.25. The minimum absolute atomic E-state index is 0.277. The average molecular weight is 215 g/mol. The molecule has 0 unspecified atom stereocenters. The number of rotatable bonds is 2. The number of nitrogens with zero attached hydrogens (tertiary/aromatic N) is 1. The number of nitrogens with one attached hydrogen (secondary N) is 2. The Morgan fingerprint density at radius 2 is 1.94 bits per heavy atom. The normalized spacial score (nSPS) is 16.0. The van der Waals surface area contributed by atoms with Gasteiger partial charge in [-0.25, -0.2) is 4.98 Å². The first-order chi connectivity index (χ1) is 7.83. The Hall–Kier alpha value is -1.81. The number of hydrogen-bond acceptors (Lipinski definition) is 3. The lowest BCUT2D eigenvalue weighted by molar-refractivity contribution is 0.441. The molecule has 1 saturated heterocycles. The van der Waals surface area contributed by atoms with Crippen molar-refractivity contribution in [2.45, 2.75) is 5.92 Å². The predicted molar refractivity (Wildman–Crippen MR) is 61.3 cm³/mol. The Morgan fingerprint density at radius 1 is 1.19 bits per heavy atom. The molecule has 2 aromatic rings. The molecule has 3 N–H and O–H groups in total. The lowest BCUT2D eigenvalue weighted by atomic mass is 10.0. The number of benzene rings is 1. The van der Waals surface area contributed by atoms with Crippen LogP contribution in [0.5, 0.6) is 5.75 Å². The number of imidazole rings is 1. The molecule has 4 heteroatoms. The van der Waals surface area contributed by atoms with Gasteiger partial charge in [0.2, 0.25) is 0 Å². The number of phenols is 1. The first-order valence-electron chi connectivity index (χ1n) is 5.38. The molecule has 16 heavy (non-hydrogen) atoms. The van der Waals surface area contributed by atoms with Gasteiger partial charge < -0.3 is 15.4 Å². The number of H-pyrrole nitrogens is 1. The van der Waals surface area contributed by atoms with Crippen molar-refractivity contribution in [2.24, 2.45) is 0 Å². The third-order valence-corrected chi connectivity index (χ3v) is 2.96. The summed E-state index contributed by atoms with van der Waals surface area (Å²) in [7, 11) is 0. The zero-order valence-electron chi connectivity index (χ0n) is 8.77. The predicted octanol–water partition coefficient (Wildman–Crippen LogP) is 1.47. The van der Waals surface area contributed by atoms with Crippen molar-refractivity contribution in [3.8, 4) is 17.1 Å². The van der Waals surface area contributed by atoms with Crippen molar-refractivity contribution in [1.29, 1.82) is 0 Å². The van der Waals surface area contributed by atoms with Crippen molar-refractivity contribution < 1.29 is 5.11 Å². The van der Waals surface area contributed by atoms with E-state index in [9.17, 15) is 5.11 Å². The van der Waals surface area contributed by atoms with Crippen LogP contribution < -0.4 is 5.32 Å². The molecular weight excluding hydrogens is 202 g/mol. The fourth-order valence-corrected chi connectivity index (χ4v) is 1.82. The summed E-state index contributed by atoms with van der Waals surface area (Å²) in [6.07, 6.45) is 1.90. The van der Waals surface area contributed by atoms with Crippen molar-refractivity contribution in [3.05, 3.63) is 36.2 Å². The summed E-state index contributed by atoms with van der Waals surface area (Å²) in [6, 6.07) is 7.05. The third kappa shape index (κ3) is 1.57. The van der Waals surface area contributed by atoms with E-state index in [0.29, 0.717) is 5.92 Å². The molecule has 0 saturated carbocycles. The number of phenolic OH excluding ortho intramolecular Hbond substituents is 1. The van der Waals surface area contributed by atoms with Gasteiger partial charge in [0.15, 0.2) is 0 Å². The summed E-state index contributed by atoms with van der Waals surface area (Å²) in [5.74, 6) is 1.71. The maximum Gasteiger partial charge on any atom is 0.137 e. The minimum atomic E-state index is 0.277. The van der Waals surface area contributed by atoms with E-state index in [0.717, 1.165) is 24.5 Å². The molecule has 1 aliphatic heterocycles. The topological polar surface area (TPSA) is 60.9 Å². The van der Waals surface area contributed by atoms with Crippen molar-refractivity contribution >= 4 is 0 Å². The van der Waals surface area contributed by atoms with Crippen LogP contribution in [0.2, 0.25) is 0 Å². The highest BCUT2D eigenvalue weighted by Crippen LogP contribution is 2.23. The summed E-state index contributed by atoms with van der Waals surface area (Å²) in [6.45, 7) is 2.05. The van der Waals surface area contributed by atoms with Gasteiger partial charge in [-0.15, -0.1) is 0 Å². The summed E-state index contributed by atoms with van der Waals surface area (Å²) < 4.78 is 0. The molecule has 1 aliphatic rings. The van der Waals surface area contributed by atoms with E-state index in [1.54, 1.807) is 12.1 Å². The van der Waals surface area contributed by atoms with E-state index in [2.05, 4.69) is 15.3 Å².